The van der Waals surface area contributed by atoms with E-state index in [1.807, 2.05) is 0 Å². The Bertz CT molecular complexity index is 390. The third-order valence-electron chi connectivity index (χ3n) is 3.23. The van der Waals surface area contributed by atoms with Crippen molar-refractivity contribution in [1.29, 1.82) is 0 Å². The smallest absolute Gasteiger partial charge is 0.140 e. The predicted molar refractivity (Wildman–Crippen MR) is 67.4 cm³/mol. The molecule has 2 rings (SSSR count). The quantitative estimate of drug-likeness (QED) is 0.880. The van der Waals surface area contributed by atoms with Crippen molar-refractivity contribution in [2.75, 3.05) is 13.7 Å². The molecule has 0 spiro atoms. The van der Waals surface area contributed by atoms with E-state index in [4.69, 9.17) is 22.1 Å². The van der Waals surface area contributed by atoms with Gasteiger partial charge < -0.3 is 10.5 Å². The summed E-state index contributed by atoms with van der Waals surface area (Å²) < 4.78 is 5.41. The van der Waals surface area contributed by atoms with Gasteiger partial charge in [-0.25, -0.2) is 0 Å². The summed E-state index contributed by atoms with van der Waals surface area (Å²) in [6.07, 6.45) is 5.53. The first-order valence-corrected chi connectivity index (χ1v) is 6.23. The van der Waals surface area contributed by atoms with Crippen LogP contribution in [0.3, 0.4) is 0 Å². The largest absolute Gasteiger partial charge is 0.495 e. The van der Waals surface area contributed by atoms with E-state index < -0.39 is 0 Å². The fourth-order valence-corrected chi connectivity index (χ4v) is 2.87. The Kier molecular flexibility index (Phi) is 3.72. The molecule has 3 heteroatoms. The Hall–Kier alpha value is -0.730. The molecule has 0 saturated carbocycles. The molecule has 1 aromatic rings. The number of methoxy groups -OCH3 is 1. The van der Waals surface area contributed by atoms with Crippen LogP contribution in [0.15, 0.2) is 6.07 Å². The highest BCUT2D eigenvalue weighted by Crippen LogP contribution is 2.38. The summed E-state index contributed by atoms with van der Waals surface area (Å²) in [5.74, 6) is 0.827. The molecule has 0 atom stereocenters. The van der Waals surface area contributed by atoms with Crippen molar-refractivity contribution in [3.63, 3.8) is 0 Å². The standard InChI is InChI=1S/C13H18ClNO/c1-16-13-10(6-7-15)8-9-4-2-3-5-11(9)12(13)14/h8H,2-7,15H2,1H3. The van der Waals surface area contributed by atoms with Crippen LogP contribution in [-0.4, -0.2) is 13.7 Å². The molecular weight excluding hydrogens is 222 g/mol. The van der Waals surface area contributed by atoms with Crippen LogP contribution < -0.4 is 10.5 Å². The minimum absolute atomic E-state index is 0.630. The summed E-state index contributed by atoms with van der Waals surface area (Å²) >= 11 is 6.40. The zero-order chi connectivity index (χ0) is 11.5. The van der Waals surface area contributed by atoms with Crippen LogP contribution in [0, 0.1) is 0 Å². The van der Waals surface area contributed by atoms with E-state index >= 15 is 0 Å². The van der Waals surface area contributed by atoms with Crippen molar-refractivity contribution in [1.82, 2.24) is 0 Å². The average molecular weight is 240 g/mol. The zero-order valence-corrected chi connectivity index (χ0v) is 10.4. The molecule has 2 nitrogen and oxygen atoms in total. The molecule has 0 aliphatic heterocycles. The molecule has 1 aromatic carbocycles. The van der Waals surface area contributed by atoms with Gasteiger partial charge in [-0.05, 0) is 55.3 Å². The summed E-state index contributed by atoms with van der Waals surface area (Å²) in [5.41, 5.74) is 9.43. The molecule has 0 heterocycles. The van der Waals surface area contributed by atoms with E-state index in [1.165, 1.54) is 24.0 Å². The second kappa shape index (κ2) is 5.07. The molecule has 0 unspecified atom stereocenters. The van der Waals surface area contributed by atoms with Crippen molar-refractivity contribution in [2.45, 2.75) is 32.1 Å². The van der Waals surface area contributed by atoms with Crippen LogP contribution in [0.2, 0.25) is 5.02 Å². The summed E-state index contributed by atoms with van der Waals surface area (Å²) in [4.78, 5) is 0. The van der Waals surface area contributed by atoms with Crippen molar-refractivity contribution in [3.8, 4) is 5.75 Å². The number of hydrogen-bond acceptors (Lipinski definition) is 2. The number of fused-ring (bicyclic) bond motifs is 1. The van der Waals surface area contributed by atoms with E-state index in [0.29, 0.717) is 6.54 Å². The number of nitrogens with two attached hydrogens (primary N) is 1. The van der Waals surface area contributed by atoms with Gasteiger partial charge in [0, 0.05) is 0 Å². The molecule has 0 saturated heterocycles. The van der Waals surface area contributed by atoms with Gasteiger partial charge in [0.15, 0.2) is 0 Å². The molecule has 0 radical (unpaired) electrons. The fourth-order valence-electron chi connectivity index (χ4n) is 2.45. The lowest BCUT2D eigenvalue weighted by molar-refractivity contribution is 0.408. The van der Waals surface area contributed by atoms with E-state index in [0.717, 1.165) is 35.6 Å². The third kappa shape index (κ3) is 2.04. The first kappa shape index (κ1) is 11.7. The summed E-state index contributed by atoms with van der Waals surface area (Å²) in [7, 11) is 1.68. The van der Waals surface area contributed by atoms with Crippen LogP contribution in [0.1, 0.15) is 29.5 Å². The van der Waals surface area contributed by atoms with Crippen LogP contribution in [-0.2, 0) is 19.3 Å². The van der Waals surface area contributed by atoms with Gasteiger partial charge >= 0.3 is 0 Å². The second-order valence-corrected chi connectivity index (χ2v) is 4.64. The highest BCUT2D eigenvalue weighted by Gasteiger charge is 2.19. The Morgan fingerprint density at radius 3 is 2.81 bits per heavy atom. The number of hydrogen-bond donors (Lipinski definition) is 1. The van der Waals surface area contributed by atoms with E-state index in [1.54, 1.807) is 7.11 Å². The van der Waals surface area contributed by atoms with Crippen molar-refractivity contribution >= 4 is 11.6 Å². The van der Waals surface area contributed by atoms with Gasteiger partial charge in [-0.3, -0.25) is 0 Å². The maximum absolute atomic E-state index is 6.40. The zero-order valence-electron chi connectivity index (χ0n) is 9.68. The van der Waals surface area contributed by atoms with Gasteiger partial charge in [-0.2, -0.15) is 0 Å². The summed E-state index contributed by atoms with van der Waals surface area (Å²) in [5, 5.41) is 0.808. The highest BCUT2D eigenvalue weighted by molar-refractivity contribution is 6.33. The first-order chi connectivity index (χ1) is 7.77. The number of benzene rings is 1. The van der Waals surface area contributed by atoms with Crippen LogP contribution >= 0.6 is 11.6 Å². The predicted octanol–water partition coefficient (Wildman–Crippen LogP) is 2.73. The third-order valence-corrected chi connectivity index (χ3v) is 3.63. The van der Waals surface area contributed by atoms with Crippen molar-refractivity contribution < 1.29 is 4.74 Å². The normalized spacial score (nSPS) is 14.7. The molecule has 0 bridgehead atoms. The minimum Gasteiger partial charge on any atom is -0.495 e. The Balaban J connectivity index is 2.50. The number of aryl methyl sites for hydroxylation is 1. The van der Waals surface area contributed by atoms with Gasteiger partial charge in [0.1, 0.15) is 5.75 Å². The number of halogens is 1. The lowest BCUT2D eigenvalue weighted by Gasteiger charge is -2.21. The van der Waals surface area contributed by atoms with E-state index in [9.17, 15) is 0 Å². The van der Waals surface area contributed by atoms with Crippen molar-refractivity contribution in [2.24, 2.45) is 5.73 Å². The highest BCUT2D eigenvalue weighted by atomic mass is 35.5. The van der Waals surface area contributed by atoms with Crippen LogP contribution in [0.4, 0.5) is 0 Å². The molecule has 88 valence electrons. The van der Waals surface area contributed by atoms with Gasteiger partial charge in [0.25, 0.3) is 0 Å². The van der Waals surface area contributed by atoms with E-state index in [-0.39, 0.29) is 0 Å². The molecule has 0 amide bonds. The van der Waals surface area contributed by atoms with Gasteiger partial charge in [-0.15, -0.1) is 0 Å². The van der Waals surface area contributed by atoms with Gasteiger partial charge in [0.05, 0.1) is 12.1 Å². The lowest BCUT2D eigenvalue weighted by atomic mass is 9.89. The molecule has 0 aromatic heterocycles. The molecule has 1 aliphatic carbocycles. The van der Waals surface area contributed by atoms with Crippen LogP contribution in [0.25, 0.3) is 0 Å². The number of rotatable bonds is 3. The maximum atomic E-state index is 6.40. The minimum atomic E-state index is 0.630. The maximum Gasteiger partial charge on any atom is 0.140 e. The van der Waals surface area contributed by atoms with E-state index in [2.05, 4.69) is 6.07 Å². The lowest BCUT2D eigenvalue weighted by Crippen LogP contribution is -2.09. The Labute approximate surface area is 102 Å². The molecular formula is C13H18ClNO. The topological polar surface area (TPSA) is 35.2 Å². The molecule has 2 N–H and O–H groups in total. The van der Waals surface area contributed by atoms with Crippen molar-refractivity contribution in [3.05, 3.63) is 27.8 Å². The van der Waals surface area contributed by atoms with Gasteiger partial charge in [0.2, 0.25) is 0 Å². The Morgan fingerprint density at radius 1 is 1.38 bits per heavy atom. The number of ether oxygens (including phenoxy) is 1. The first-order valence-electron chi connectivity index (χ1n) is 5.85. The molecule has 1 aliphatic rings. The Morgan fingerprint density at radius 2 is 2.12 bits per heavy atom. The second-order valence-electron chi connectivity index (χ2n) is 4.27. The van der Waals surface area contributed by atoms with Gasteiger partial charge in [-0.1, -0.05) is 17.7 Å². The SMILES string of the molecule is COc1c(CCN)cc2c(c1Cl)CCCC2. The fraction of sp³-hybridized carbons (Fsp3) is 0.538. The van der Waals surface area contributed by atoms with Crippen LogP contribution in [0.5, 0.6) is 5.75 Å². The summed E-state index contributed by atoms with van der Waals surface area (Å²) in [6.45, 7) is 0.630. The average Bonchev–Trinajstić information content (AvgIpc) is 2.30. The summed E-state index contributed by atoms with van der Waals surface area (Å²) in [6, 6.07) is 2.23. The monoisotopic (exact) mass is 239 g/mol. The molecule has 16 heavy (non-hydrogen) atoms. The molecule has 0 fully saturated rings.